The minimum absolute atomic E-state index is 0.121. The van der Waals surface area contributed by atoms with Gasteiger partial charge in [0.1, 0.15) is 12.2 Å². The predicted molar refractivity (Wildman–Crippen MR) is 82.3 cm³/mol. The van der Waals surface area contributed by atoms with Crippen molar-refractivity contribution in [3.05, 3.63) is 73.5 Å². The van der Waals surface area contributed by atoms with E-state index in [1.54, 1.807) is 0 Å². The quantitative estimate of drug-likeness (QED) is 0.198. The normalized spacial score (nSPS) is 11.9. The second kappa shape index (κ2) is 7.02. The van der Waals surface area contributed by atoms with Crippen molar-refractivity contribution in [1.82, 2.24) is 0 Å². The van der Waals surface area contributed by atoms with E-state index in [9.17, 15) is 32.9 Å². The first-order valence-corrected chi connectivity index (χ1v) is 7.14. The standard InChI is InChI=1S/C16H9ClF3NO4/c1-7-11(12(18)13(19)14(20)15(7)21(24)25)16(23)10(6-22)8-2-4-9(17)5-3-8/h2-6,10H,1H3. The summed E-state index contributed by atoms with van der Waals surface area (Å²) >= 11 is 5.70. The molecule has 9 heteroatoms. The van der Waals surface area contributed by atoms with Gasteiger partial charge in [-0.3, -0.25) is 14.9 Å². The lowest BCUT2D eigenvalue weighted by molar-refractivity contribution is -0.388. The molecule has 2 rings (SSSR count). The molecule has 0 radical (unpaired) electrons. The second-order valence-electron chi connectivity index (χ2n) is 5.08. The summed E-state index contributed by atoms with van der Waals surface area (Å²) in [5.74, 6) is -8.83. The highest BCUT2D eigenvalue weighted by atomic mass is 35.5. The average molecular weight is 372 g/mol. The van der Waals surface area contributed by atoms with Crippen LogP contribution in [0.3, 0.4) is 0 Å². The maximum absolute atomic E-state index is 14.1. The molecule has 0 saturated carbocycles. The van der Waals surface area contributed by atoms with Gasteiger partial charge in [-0.25, -0.2) is 8.78 Å². The number of benzene rings is 2. The van der Waals surface area contributed by atoms with Crippen LogP contribution in [0.2, 0.25) is 5.02 Å². The number of nitrogens with zero attached hydrogens (tertiary/aromatic N) is 1. The van der Waals surface area contributed by atoms with E-state index in [-0.39, 0.29) is 11.8 Å². The Kier molecular flexibility index (Phi) is 5.22. The molecular formula is C16H9ClF3NO4. The molecule has 0 spiro atoms. The number of aldehydes is 1. The van der Waals surface area contributed by atoms with Gasteiger partial charge in [-0.1, -0.05) is 23.7 Å². The number of carbonyl (C=O) groups is 2. The highest BCUT2D eigenvalue weighted by Crippen LogP contribution is 2.33. The van der Waals surface area contributed by atoms with Crippen molar-refractivity contribution < 1.29 is 27.7 Å². The average Bonchev–Trinajstić information content (AvgIpc) is 2.55. The highest BCUT2D eigenvalue weighted by molar-refractivity contribution is 6.30. The molecule has 2 aromatic rings. The summed E-state index contributed by atoms with van der Waals surface area (Å²) in [6.45, 7) is 0.903. The van der Waals surface area contributed by atoms with Crippen molar-refractivity contribution in [2.75, 3.05) is 0 Å². The lowest BCUT2D eigenvalue weighted by Crippen LogP contribution is -2.19. The molecule has 0 aliphatic rings. The van der Waals surface area contributed by atoms with Crippen LogP contribution in [0.4, 0.5) is 18.9 Å². The molecular weight excluding hydrogens is 363 g/mol. The Morgan fingerprint density at radius 1 is 1.16 bits per heavy atom. The summed E-state index contributed by atoms with van der Waals surface area (Å²) < 4.78 is 41.4. The molecule has 25 heavy (non-hydrogen) atoms. The van der Waals surface area contributed by atoms with E-state index < -0.39 is 50.9 Å². The van der Waals surface area contributed by atoms with Gasteiger partial charge >= 0.3 is 5.69 Å². The summed E-state index contributed by atoms with van der Waals surface area (Å²) in [4.78, 5) is 33.5. The van der Waals surface area contributed by atoms with Gasteiger partial charge in [0.05, 0.1) is 10.5 Å². The molecule has 0 heterocycles. The number of nitro benzene ring substituents is 1. The Hall–Kier alpha value is -2.74. The minimum atomic E-state index is -2.15. The van der Waals surface area contributed by atoms with Gasteiger partial charge in [0.15, 0.2) is 11.6 Å². The van der Waals surface area contributed by atoms with Crippen LogP contribution in [0.1, 0.15) is 27.4 Å². The molecule has 0 aliphatic carbocycles. The summed E-state index contributed by atoms with van der Waals surface area (Å²) in [6, 6.07) is 5.39. The van der Waals surface area contributed by atoms with E-state index in [1.165, 1.54) is 24.3 Å². The van der Waals surface area contributed by atoms with E-state index in [0.717, 1.165) is 6.92 Å². The Bertz CT molecular complexity index is 884. The van der Waals surface area contributed by atoms with Gasteiger partial charge in [-0.05, 0) is 24.6 Å². The number of Topliss-reactive ketones (excluding diaryl/α,β-unsaturated/α-hetero) is 1. The van der Waals surface area contributed by atoms with E-state index in [1.807, 2.05) is 0 Å². The van der Waals surface area contributed by atoms with E-state index in [0.29, 0.717) is 5.02 Å². The third kappa shape index (κ3) is 3.25. The predicted octanol–water partition coefficient (Wildman–Crippen LogP) is 4.14. The summed E-state index contributed by atoms with van der Waals surface area (Å²) in [5.41, 5.74) is -2.98. The van der Waals surface area contributed by atoms with Gasteiger partial charge in [0.2, 0.25) is 11.6 Å². The molecule has 0 fully saturated rings. The van der Waals surface area contributed by atoms with Crippen molar-refractivity contribution in [3.63, 3.8) is 0 Å². The smallest absolute Gasteiger partial charge is 0.302 e. The first-order valence-electron chi connectivity index (χ1n) is 6.77. The molecule has 0 N–H and O–H groups in total. The molecule has 1 atom stereocenters. The third-order valence-corrected chi connectivity index (χ3v) is 3.87. The Morgan fingerprint density at radius 2 is 1.72 bits per heavy atom. The molecule has 0 bridgehead atoms. The minimum Gasteiger partial charge on any atom is -0.302 e. The monoisotopic (exact) mass is 371 g/mol. The Balaban J connectivity index is 2.67. The topological polar surface area (TPSA) is 77.3 Å². The van der Waals surface area contributed by atoms with Crippen molar-refractivity contribution in [3.8, 4) is 0 Å². The first-order chi connectivity index (χ1) is 11.7. The lowest BCUT2D eigenvalue weighted by atomic mass is 9.89. The van der Waals surface area contributed by atoms with Gasteiger partial charge in [0.25, 0.3) is 0 Å². The van der Waals surface area contributed by atoms with Crippen LogP contribution in [0.25, 0.3) is 0 Å². The number of hydrogen-bond donors (Lipinski definition) is 0. The molecule has 0 aromatic heterocycles. The Morgan fingerprint density at radius 3 is 2.20 bits per heavy atom. The van der Waals surface area contributed by atoms with Crippen molar-refractivity contribution >= 4 is 29.4 Å². The second-order valence-corrected chi connectivity index (χ2v) is 5.51. The first kappa shape index (κ1) is 18.6. The van der Waals surface area contributed by atoms with E-state index >= 15 is 0 Å². The van der Waals surface area contributed by atoms with Crippen molar-refractivity contribution in [2.24, 2.45) is 0 Å². The van der Waals surface area contributed by atoms with Crippen LogP contribution < -0.4 is 0 Å². The van der Waals surface area contributed by atoms with Gasteiger partial charge in [-0.2, -0.15) is 4.39 Å². The molecule has 2 aromatic carbocycles. The van der Waals surface area contributed by atoms with Crippen LogP contribution >= 0.6 is 11.6 Å². The molecule has 5 nitrogen and oxygen atoms in total. The van der Waals surface area contributed by atoms with Gasteiger partial charge in [0, 0.05) is 10.6 Å². The fourth-order valence-corrected chi connectivity index (χ4v) is 2.51. The van der Waals surface area contributed by atoms with E-state index in [4.69, 9.17) is 11.6 Å². The zero-order valence-corrected chi connectivity index (χ0v) is 13.3. The summed E-state index contributed by atoms with van der Waals surface area (Å²) in [5, 5.41) is 11.2. The summed E-state index contributed by atoms with van der Waals surface area (Å²) in [6.07, 6.45) is 0.178. The molecule has 1 unspecified atom stereocenters. The lowest BCUT2D eigenvalue weighted by Gasteiger charge is -2.14. The van der Waals surface area contributed by atoms with Crippen LogP contribution in [0, 0.1) is 34.5 Å². The largest absolute Gasteiger partial charge is 0.311 e. The summed E-state index contributed by atoms with van der Waals surface area (Å²) in [7, 11) is 0. The van der Waals surface area contributed by atoms with Crippen LogP contribution in [0.5, 0.6) is 0 Å². The maximum atomic E-state index is 14.1. The number of carbonyl (C=O) groups excluding carboxylic acids is 2. The fourth-order valence-electron chi connectivity index (χ4n) is 2.39. The van der Waals surface area contributed by atoms with Crippen LogP contribution in [-0.2, 0) is 4.79 Å². The Labute approximate surface area is 144 Å². The number of nitro groups is 1. The zero-order valence-electron chi connectivity index (χ0n) is 12.6. The number of hydrogen-bond acceptors (Lipinski definition) is 4. The number of halogens is 4. The molecule has 130 valence electrons. The SMILES string of the molecule is Cc1c(C(=O)C(C=O)c2ccc(Cl)cc2)c(F)c(F)c(F)c1[N+](=O)[O-]. The fraction of sp³-hybridized carbons (Fsp3) is 0.125. The van der Waals surface area contributed by atoms with E-state index in [2.05, 4.69) is 0 Å². The van der Waals surface area contributed by atoms with Gasteiger partial charge in [-0.15, -0.1) is 0 Å². The molecule has 0 saturated heterocycles. The van der Waals surface area contributed by atoms with Crippen LogP contribution in [-0.4, -0.2) is 17.0 Å². The molecule has 0 amide bonds. The van der Waals surface area contributed by atoms with Crippen molar-refractivity contribution in [2.45, 2.75) is 12.8 Å². The molecule has 0 aliphatic heterocycles. The highest BCUT2D eigenvalue weighted by Gasteiger charge is 2.35. The van der Waals surface area contributed by atoms with Crippen molar-refractivity contribution in [1.29, 1.82) is 0 Å². The number of rotatable bonds is 5. The third-order valence-electron chi connectivity index (χ3n) is 3.62. The van der Waals surface area contributed by atoms with Crippen LogP contribution in [0.15, 0.2) is 24.3 Å². The zero-order chi connectivity index (χ0) is 18.9. The maximum Gasteiger partial charge on any atom is 0.311 e. The van der Waals surface area contributed by atoms with Gasteiger partial charge < -0.3 is 4.79 Å². The number of ketones is 1.